The summed E-state index contributed by atoms with van der Waals surface area (Å²) in [5.41, 5.74) is 0.396. The van der Waals surface area contributed by atoms with Gasteiger partial charge in [-0.05, 0) is 29.8 Å². The molecule has 0 amide bonds. The van der Waals surface area contributed by atoms with Gasteiger partial charge in [0.2, 0.25) is 0 Å². The number of ether oxygens (including phenoxy) is 1. The molecule has 2 rings (SSSR count). The minimum Gasteiger partial charge on any atom is -0.493 e. The van der Waals surface area contributed by atoms with E-state index in [-0.39, 0.29) is 5.75 Å². The van der Waals surface area contributed by atoms with Crippen LogP contribution in [0.25, 0.3) is 0 Å². The van der Waals surface area contributed by atoms with Gasteiger partial charge in [0.25, 0.3) is 0 Å². The third-order valence-electron chi connectivity index (χ3n) is 2.64. The summed E-state index contributed by atoms with van der Waals surface area (Å²) in [5, 5.41) is 0. The predicted octanol–water partition coefficient (Wildman–Crippen LogP) is 2.76. The van der Waals surface area contributed by atoms with Crippen molar-refractivity contribution in [2.45, 2.75) is 6.42 Å². The van der Waals surface area contributed by atoms with Crippen molar-refractivity contribution < 1.29 is 17.7 Å². The molecule has 6 heteroatoms. The van der Waals surface area contributed by atoms with Crippen LogP contribution in [-0.4, -0.2) is 18.6 Å². The van der Waals surface area contributed by atoms with Gasteiger partial charge in [0.1, 0.15) is 5.75 Å². The molecule has 0 aliphatic rings. The van der Waals surface area contributed by atoms with Crippen LogP contribution in [0.4, 0.5) is 12.9 Å². The van der Waals surface area contributed by atoms with Crippen LogP contribution in [0.1, 0.15) is 5.56 Å². The Morgan fingerprint density at radius 3 is 2.47 bits per heavy atom. The van der Waals surface area contributed by atoms with E-state index in [0.717, 1.165) is 17.7 Å². The molecule has 19 heavy (non-hydrogen) atoms. The highest BCUT2D eigenvalue weighted by molar-refractivity contribution is 6.73. The van der Waals surface area contributed by atoms with Crippen molar-refractivity contribution >= 4 is 12.4 Å². The fourth-order valence-electron chi connectivity index (χ4n) is 1.64. The summed E-state index contributed by atoms with van der Waals surface area (Å²) in [4.78, 5) is 3.89. The Labute approximate surface area is 109 Å². The third-order valence-corrected chi connectivity index (χ3v) is 2.64. The first-order valence-corrected chi connectivity index (χ1v) is 5.87. The van der Waals surface area contributed by atoms with Gasteiger partial charge >= 0.3 is 6.98 Å². The van der Waals surface area contributed by atoms with Gasteiger partial charge in [-0.15, -0.1) is 5.46 Å². The molecule has 0 fully saturated rings. The first kappa shape index (κ1) is 13.5. The molecule has 0 unspecified atom stereocenters. The van der Waals surface area contributed by atoms with Crippen LogP contribution in [0, 0.1) is 0 Å². The molecule has 0 N–H and O–H groups in total. The van der Waals surface area contributed by atoms with Crippen LogP contribution in [-0.2, 0) is 6.42 Å². The highest BCUT2D eigenvalue weighted by Gasteiger charge is 2.25. The zero-order valence-corrected chi connectivity index (χ0v) is 10.1. The zero-order valence-electron chi connectivity index (χ0n) is 10.1. The molecular formula is C13H12BF3NO-. The fraction of sp³-hybridized carbons (Fsp3) is 0.154. The molecule has 0 saturated heterocycles. The quantitative estimate of drug-likeness (QED) is 0.776. The van der Waals surface area contributed by atoms with E-state index in [1.165, 1.54) is 12.1 Å². The molecule has 0 radical (unpaired) electrons. The Hall–Kier alpha value is -1.98. The van der Waals surface area contributed by atoms with Gasteiger partial charge in [-0.3, -0.25) is 4.98 Å². The molecule has 1 heterocycles. The van der Waals surface area contributed by atoms with Crippen LogP contribution in [0.3, 0.4) is 0 Å². The van der Waals surface area contributed by atoms with E-state index < -0.39 is 12.4 Å². The van der Waals surface area contributed by atoms with Crippen molar-refractivity contribution in [3.8, 4) is 5.75 Å². The SMILES string of the molecule is F[B-](F)(F)c1cccc(OCCc2ccncc2)c1. The highest BCUT2D eigenvalue weighted by atomic mass is 19.4. The van der Waals surface area contributed by atoms with Gasteiger partial charge in [0, 0.05) is 18.8 Å². The van der Waals surface area contributed by atoms with Crippen molar-refractivity contribution in [2.75, 3.05) is 6.61 Å². The number of benzene rings is 1. The van der Waals surface area contributed by atoms with E-state index >= 15 is 0 Å². The molecular weight excluding hydrogens is 254 g/mol. The number of pyridine rings is 1. The van der Waals surface area contributed by atoms with Gasteiger partial charge in [0.05, 0.1) is 6.61 Å². The maximum absolute atomic E-state index is 12.6. The summed E-state index contributed by atoms with van der Waals surface area (Å²) in [5.74, 6) is 0.241. The predicted molar refractivity (Wildman–Crippen MR) is 68.6 cm³/mol. The lowest BCUT2D eigenvalue weighted by molar-refractivity contribution is 0.322. The van der Waals surface area contributed by atoms with E-state index in [0.29, 0.717) is 13.0 Å². The first-order valence-electron chi connectivity index (χ1n) is 5.87. The van der Waals surface area contributed by atoms with Gasteiger partial charge in [-0.1, -0.05) is 12.1 Å². The molecule has 1 aromatic carbocycles. The maximum atomic E-state index is 12.6. The fourth-order valence-corrected chi connectivity index (χ4v) is 1.64. The van der Waals surface area contributed by atoms with Crippen molar-refractivity contribution in [3.63, 3.8) is 0 Å². The molecule has 100 valence electrons. The Morgan fingerprint density at radius 1 is 1.05 bits per heavy atom. The number of nitrogens with zero attached hydrogens (tertiary/aromatic N) is 1. The molecule has 0 aliphatic carbocycles. The van der Waals surface area contributed by atoms with Gasteiger partial charge in [-0.2, -0.15) is 0 Å². The van der Waals surface area contributed by atoms with E-state index in [9.17, 15) is 12.9 Å². The van der Waals surface area contributed by atoms with Crippen LogP contribution in [0.5, 0.6) is 5.75 Å². The van der Waals surface area contributed by atoms with E-state index in [2.05, 4.69) is 4.98 Å². The lowest BCUT2D eigenvalue weighted by atomic mass is 9.80. The minimum absolute atomic E-state index is 0.241. The minimum atomic E-state index is -4.98. The Kier molecular flexibility index (Phi) is 4.09. The summed E-state index contributed by atoms with van der Waals surface area (Å²) in [7, 11) is 0. The smallest absolute Gasteiger partial charge is 0.493 e. The molecule has 2 aromatic rings. The molecule has 2 nitrogen and oxygen atoms in total. The number of hydrogen-bond donors (Lipinski definition) is 0. The molecule has 0 bridgehead atoms. The molecule has 0 spiro atoms. The summed E-state index contributed by atoms with van der Waals surface area (Å²) in [6.45, 7) is -4.65. The van der Waals surface area contributed by atoms with E-state index in [4.69, 9.17) is 4.74 Å². The number of aromatic nitrogens is 1. The Morgan fingerprint density at radius 2 is 1.79 bits per heavy atom. The highest BCUT2D eigenvalue weighted by Crippen LogP contribution is 2.14. The average Bonchev–Trinajstić information content (AvgIpc) is 2.39. The van der Waals surface area contributed by atoms with Crippen molar-refractivity contribution in [2.24, 2.45) is 0 Å². The summed E-state index contributed by atoms with van der Waals surface area (Å²) in [6.07, 6.45) is 3.97. The topological polar surface area (TPSA) is 22.1 Å². The van der Waals surface area contributed by atoms with Crippen LogP contribution in [0.15, 0.2) is 48.8 Å². The number of hydrogen-bond acceptors (Lipinski definition) is 2. The summed E-state index contributed by atoms with van der Waals surface area (Å²) < 4.78 is 43.0. The monoisotopic (exact) mass is 266 g/mol. The number of rotatable bonds is 5. The van der Waals surface area contributed by atoms with Crippen LogP contribution >= 0.6 is 0 Å². The third kappa shape index (κ3) is 4.01. The van der Waals surface area contributed by atoms with Crippen LogP contribution < -0.4 is 10.2 Å². The second-order valence-electron chi connectivity index (χ2n) is 4.10. The first-order chi connectivity index (χ1) is 9.05. The molecule has 0 saturated carbocycles. The largest absolute Gasteiger partial charge is 0.509 e. The Balaban J connectivity index is 1.93. The van der Waals surface area contributed by atoms with Crippen molar-refractivity contribution in [1.82, 2.24) is 4.98 Å². The standard InChI is InChI=1S/C13H12BF3NO/c15-14(16,17)12-2-1-3-13(10-12)19-9-6-11-4-7-18-8-5-11/h1-5,7-8,10H,6,9H2/q-1. The van der Waals surface area contributed by atoms with E-state index in [1.807, 2.05) is 12.1 Å². The van der Waals surface area contributed by atoms with E-state index in [1.54, 1.807) is 12.4 Å². The summed E-state index contributed by atoms with van der Waals surface area (Å²) in [6, 6.07) is 8.66. The Bertz CT molecular complexity index is 531. The number of halogens is 3. The summed E-state index contributed by atoms with van der Waals surface area (Å²) >= 11 is 0. The molecule has 1 aromatic heterocycles. The van der Waals surface area contributed by atoms with Gasteiger partial charge in [0.15, 0.2) is 0 Å². The van der Waals surface area contributed by atoms with Crippen molar-refractivity contribution in [3.05, 3.63) is 54.4 Å². The van der Waals surface area contributed by atoms with Crippen molar-refractivity contribution in [1.29, 1.82) is 0 Å². The average molecular weight is 266 g/mol. The normalized spacial score (nSPS) is 11.3. The molecule has 0 atom stereocenters. The lowest BCUT2D eigenvalue weighted by Crippen LogP contribution is -2.33. The van der Waals surface area contributed by atoms with Gasteiger partial charge < -0.3 is 17.7 Å². The maximum Gasteiger partial charge on any atom is 0.509 e. The van der Waals surface area contributed by atoms with Gasteiger partial charge in [-0.25, -0.2) is 0 Å². The molecule has 0 aliphatic heterocycles. The zero-order chi connectivity index (χ0) is 13.7. The lowest BCUT2D eigenvalue weighted by Gasteiger charge is -2.16. The van der Waals surface area contributed by atoms with Crippen LogP contribution in [0.2, 0.25) is 0 Å². The second-order valence-corrected chi connectivity index (χ2v) is 4.10. The second kappa shape index (κ2) is 5.78.